The summed E-state index contributed by atoms with van der Waals surface area (Å²) < 4.78 is 8.41. The van der Waals surface area contributed by atoms with Gasteiger partial charge in [0.2, 0.25) is 0 Å². The molecule has 0 N–H and O–H groups in total. The lowest BCUT2D eigenvalue weighted by Crippen LogP contribution is -2.20. The number of carbonyl (C=O) groups excluding carboxylic acids is 1. The number of carbonyl (C=O) groups is 1. The zero-order chi connectivity index (χ0) is 18.6. The molecule has 0 aliphatic heterocycles. The van der Waals surface area contributed by atoms with E-state index in [0.29, 0.717) is 11.6 Å². The summed E-state index contributed by atoms with van der Waals surface area (Å²) in [6.07, 6.45) is 2.22. The number of non-ortho nitro benzene ring substituents is 1. The molecule has 3 aromatic rings. The number of nitro groups is 1. The molecule has 1 aliphatic rings. The van der Waals surface area contributed by atoms with E-state index in [-0.39, 0.29) is 29.1 Å². The Morgan fingerprint density at radius 3 is 2.69 bits per heavy atom. The molecule has 2 aromatic heterocycles. The van der Waals surface area contributed by atoms with Crippen molar-refractivity contribution in [1.82, 2.24) is 9.13 Å². The van der Waals surface area contributed by atoms with Crippen LogP contribution in [-0.2, 0) is 6.54 Å². The molecular weight excluding hydrogens is 338 g/mol. The van der Waals surface area contributed by atoms with Crippen LogP contribution in [-0.4, -0.2) is 19.8 Å². The average molecular weight is 355 g/mol. The molecule has 2 heterocycles. The smallest absolute Gasteiger partial charge is 0.408 e. The van der Waals surface area contributed by atoms with E-state index in [1.807, 2.05) is 19.9 Å². The molecule has 0 saturated heterocycles. The van der Waals surface area contributed by atoms with Crippen LogP contribution in [0.4, 0.5) is 5.69 Å². The van der Waals surface area contributed by atoms with Gasteiger partial charge in [-0.15, -0.1) is 0 Å². The number of rotatable bonds is 5. The molecule has 134 valence electrons. The summed E-state index contributed by atoms with van der Waals surface area (Å²) in [5.41, 5.74) is 2.79. The molecule has 0 radical (unpaired) electrons. The van der Waals surface area contributed by atoms with Gasteiger partial charge in [-0.05, 0) is 38.8 Å². The van der Waals surface area contributed by atoms with Gasteiger partial charge in [-0.25, -0.2) is 4.79 Å². The molecule has 0 unspecified atom stereocenters. The van der Waals surface area contributed by atoms with Gasteiger partial charge in [0.1, 0.15) is 0 Å². The van der Waals surface area contributed by atoms with E-state index in [1.165, 1.54) is 18.2 Å². The number of ketones is 1. The Hall–Kier alpha value is -3.16. The predicted octanol–water partition coefficient (Wildman–Crippen LogP) is 3.14. The van der Waals surface area contributed by atoms with Gasteiger partial charge in [-0.1, -0.05) is 0 Å². The predicted molar refractivity (Wildman–Crippen MR) is 93.6 cm³/mol. The van der Waals surface area contributed by atoms with Gasteiger partial charge in [-0.2, -0.15) is 0 Å². The van der Waals surface area contributed by atoms with Crippen molar-refractivity contribution < 1.29 is 14.1 Å². The molecule has 8 heteroatoms. The number of nitrogens with zero attached hydrogens (tertiary/aromatic N) is 3. The highest BCUT2D eigenvalue weighted by atomic mass is 16.6. The Labute approximate surface area is 147 Å². The van der Waals surface area contributed by atoms with Gasteiger partial charge in [0.15, 0.2) is 11.4 Å². The second-order valence-electron chi connectivity index (χ2n) is 6.67. The largest absolute Gasteiger partial charge is 0.420 e. The minimum atomic E-state index is -0.704. The fraction of sp³-hybridized carbons (Fsp3) is 0.333. The number of nitro benzene ring substituents is 1. The first-order valence-corrected chi connectivity index (χ1v) is 8.36. The Morgan fingerprint density at radius 1 is 1.31 bits per heavy atom. The Morgan fingerprint density at radius 2 is 2.04 bits per heavy atom. The second-order valence-corrected chi connectivity index (χ2v) is 6.67. The van der Waals surface area contributed by atoms with E-state index in [2.05, 4.69) is 4.57 Å². The maximum Gasteiger partial charge on any atom is 0.420 e. The first-order valence-electron chi connectivity index (χ1n) is 8.36. The summed E-state index contributed by atoms with van der Waals surface area (Å²) in [7, 11) is 0. The molecule has 0 spiro atoms. The van der Waals surface area contributed by atoms with Crippen LogP contribution in [0.1, 0.15) is 40.6 Å². The molecule has 1 aromatic carbocycles. The van der Waals surface area contributed by atoms with Crippen molar-refractivity contribution >= 4 is 22.6 Å². The quantitative estimate of drug-likeness (QED) is 0.398. The highest BCUT2D eigenvalue weighted by Crippen LogP contribution is 2.38. The molecule has 0 amide bonds. The summed E-state index contributed by atoms with van der Waals surface area (Å²) in [6, 6.07) is 6.18. The zero-order valence-electron chi connectivity index (χ0n) is 14.4. The number of hydrogen-bond acceptors (Lipinski definition) is 5. The highest BCUT2D eigenvalue weighted by Gasteiger charge is 2.28. The highest BCUT2D eigenvalue weighted by molar-refractivity contribution is 5.98. The molecule has 26 heavy (non-hydrogen) atoms. The molecule has 1 fully saturated rings. The van der Waals surface area contributed by atoms with Crippen LogP contribution >= 0.6 is 0 Å². The third-order valence-corrected chi connectivity index (χ3v) is 4.86. The molecule has 4 rings (SSSR count). The summed E-state index contributed by atoms with van der Waals surface area (Å²) in [5, 5.41) is 11.0. The molecule has 8 nitrogen and oxygen atoms in total. The lowest BCUT2D eigenvalue weighted by Gasteiger charge is -2.07. The van der Waals surface area contributed by atoms with E-state index in [0.717, 1.165) is 28.8 Å². The maximum atomic E-state index is 12.8. The normalized spacial score (nSPS) is 14.1. The number of fused-ring (bicyclic) bond motifs is 1. The number of aromatic nitrogens is 2. The van der Waals surface area contributed by atoms with Crippen molar-refractivity contribution in [3.8, 4) is 0 Å². The summed E-state index contributed by atoms with van der Waals surface area (Å²) >= 11 is 0. The fourth-order valence-electron chi connectivity index (χ4n) is 3.50. The minimum absolute atomic E-state index is 0.161. The van der Waals surface area contributed by atoms with Crippen LogP contribution in [0.5, 0.6) is 0 Å². The number of Topliss-reactive ketones (excluding diaryl/α,β-unsaturated/α-hetero) is 1. The van der Waals surface area contributed by atoms with Crippen molar-refractivity contribution in [1.29, 1.82) is 0 Å². The van der Waals surface area contributed by atoms with Gasteiger partial charge >= 0.3 is 5.76 Å². The van der Waals surface area contributed by atoms with E-state index < -0.39 is 10.7 Å². The number of aryl methyl sites for hydroxylation is 1. The van der Waals surface area contributed by atoms with E-state index in [9.17, 15) is 19.7 Å². The van der Waals surface area contributed by atoms with Gasteiger partial charge in [0, 0.05) is 35.1 Å². The fourth-order valence-corrected chi connectivity index (χ4v) is 3.50. The van der Waals surface area contributed by atoms with Gasteiger partial charge < -0.3 is 8.98 Å². The van der Waals surface area contributed by atoms with Crippen molar-refractivity contribution in [2.24, 2.45) is 0 Å². The third-order valence-electron chi connectivity index (χ3n) is 4.86. The van der Waals surface area contributed by atoms with Crippen molar-refractivity contribution in [2.45, 2.75) is 39.3 Å². The molecule has 1 aliphatic carbocycles. The van der Waals surface area contributed by atoms with Crippen LogP contribution in [0, 0.1) is 24.0 Å². The Bertz CT molecular complexity index is 1110. The molecule has 1 saturated carbocycles. The second kappa shape index (κ2) is 5.69. The molecular formula is C18H17N3O5. The van der Waals surface area contributed by atoms with Gasteiger partial charge in [0.05, 0.1) is 17.0 Å². The van der Waals surface area contributed by atoms with Crippen LogP contribution in [0.15, 0.2) is 33.5 Å². The third kappa shape index (κ3) is 2.54. The first-order chi connectivity index (χ1) is 12.4. The van der Waals surface area contributed by atoms with Gasteiger partial charge in [-0.3, -0.25) is 19.5 Å². The van der Waals surface area contributed by atoms with Crippen molar-refractivity contribution in [3.05, 3.63) is 61.9 Å². The van der Waals surface area contributed by atoms with Crippen LogP contribution in [0.2, 0.25) is 0 Å². The van der Waals surface area contributed by atoms with E-state index >= 15 is 0 Å². The van der Waals surface area contributed by atoms with Crippen molar-refractivity contribution in [2.75, 3.05) is 0 Å². The average Bonchev–Trinajstić information content (AvgIpc) is 3.31. The number of oxazole rings is 1. The number of hydrogen-bond donors (Lipinski definition) is 0. The van der Waals surface area contributed by atoms with E-state index in [4.69, 9.17) is 4.42 Å². The van der Waals surface area contributed by atoms with Crippen LogP contribution in [0.3, 0.4) is 0 Å². The summed E-state index contributed by atoms with van der Waals surface area (Å²) in [6.45, 7) is 3.65. The monoisotopic (exact) mass is 355 g/mol. The van der Waals surface area contributed by atoms with Gasteiger partial charge in [0.25, 0.3) is 5.69 Å². The van der Waals surface area contributed by atoms with Crippen LogP contribution < -0.4 is 5.76 Å². The van der Waals surface area contributed by atoms with E-state index in [1.54, 1.807) is 0 Å². The topological polar surface area (TPSA) is 100 Å². The standard InChI is InChI=1S/C18H17N3O5/c1-10-7-14(11(2)20(10)12-3-4-12)16(22)9-19-15-8-13(21(24)25)5-6-17(15)26-18(19)23/h5-8,12H,3-4,9H2,1-2H3. The Kier molecular flexibility index (Phi) is 3.57. The molecule has 0 atom stereocenters. The number of benzene rings is 1. The summed E-state index contributed by atoms with van der Waals surface area (Å²) in [4.78, 5) is 35.4. The SMILES string of the molecule is Cc1cc(C(=O)Cn2c(=O)oc3ccc([N+](=O)[O-])cc32)c(C)n1C1CC1. The maximum absolute atomic E-state index is 12.8. The summed E-state index contributed by atoms with van der Waals surface area (Å²) in [5.74, 6) is -0.925. The first kappa shape index (κ1) is 16.3. The molecule has 0 bridgehead atoms. The lowest BCUT2D eigenvalue weighted by atomic mass is 10.1. The lowest BCUT2D eigenvalue weighted by molar-refractivity contribution is -0.384. The zero-order valence-corrected chi connectivity index (χ0v) is 14.4. The Balaban J connectivity index is 1.73. The minimum Gasteiger partial charge on any atom is -0.408 e. The van der Waals surface area contributed by atoms with Crippen molar-refractivity contribution in [3.63, 3.8) is 0 Å². The van der Waals surface area contributed by atoms with Crippen LogP contribution in [0.25, 0.3) is 11.1 Å².